The van der Waals surface area contributed by atoms with Crippen LogP contribution in [0.1, 0.15) is 0 Å². The first-order valence-corrected chi connectivity index (χ1v) is 3.90. The number of β-lactam (4-membered cyclic amide) rings is 1. The second-order valence-electron chi connectivity index (χ2n) is 1.80. The first kappa shape index (κ1) is 9.45. The van der Waals surface area contributed by atoms with Crippen molar-refractivity contribution in [3.63, 3.8) is 0 Å². The Labute approximate surface area is 73.3 Å². The van der Waals surface area contributed by atoms with E-state index < -0.39 is 0 Å². The summed E-state index contributed by atoms with van der Waals surface area (Å²) in [6.07, 6.45) is 0. The monoisotopic (exact) mass is 262 g/mol. The summed E-state index contributed by atoms with van der Waals surface area (Å²) < 4.78 is 0.907. The van der Waals surface area contributed by atoms with Crippen LogP contribution < -0.4 is 11.1 Å². The molecule has 2 atom stereocenters. The van der Waals surface area contributed by atoms with Crippen LogP contribution in [0.5, 0.6) is 0 Å². The van der Waals surface area contributed by atoms with Crippen LogP contribution in [0.2, 0.25) is 0 Å². The van der Waals surface area contributed by atoms with E-state index >= 15 is 0 Å². The number of carbonyl (C=O) groups excluding carboxylic acids is 1. The van der Waals surface area contributed by atoms with E-state index in [0.717, 1.165) is 4.43 Å². The van der Waals surface area contributed by atoms with E-state index in [0.29, 0.717) is 0 Å². The Morgan fingerprint density at radius 2 is 2.33 bits per heavy atom. The second kappa shape index (κ2) is 3.58. The van der Waals surface area contributed by atoms with E-state index in [1.54, 1.807) is 0 Å². The minimum atomic E-state index is -0.244. The molecule has 9 heavy (non-hydrogen) atoms. The normalized spacial score (nSPS) is 32.0. The average Bonchev–Trinajstić information content (AvgIpc) is 1.81. The lowest BCUT2D eigenvalue weighted by Gasteiger charge is -2.32. The molecular weight excluding hydrogens is 254 g/mol. The van der Waals surface area contributed by atoms with Crippen LogP contribution in [0.3, 0.4) is 0 Å². The highest BCUT2D eigenvalue weighted by Gasteiger charge is 2.34. The van der Waals surface area contributed by atoms with Gasteiger partial charge in [-0.25, -0.2) is 0 Å². The molecule has 1 amide bonds. The van der Waals surface area contributed by atoms with Gasteiger partial charge in [-0.1, -0.05) is 22.6 Å². The maximum atomic E-state index is 10.4. The molecule has 3 nitrogen and oxygen atoms in total. The SMILES string of the molecule is Cl.NC1C(=O)NC1CI. The zero-order valence-electron chi connectivity index (χ0n) is 4.63. The number of amides is 1. The van der Waals surface area contributed by atoms with Crippen LogP contribution >= 0.6 is 35.0 Å². The van der Waals surface area contributed by atoms with Crippen molar-refractivity contribution < 1.29 is 4.79 Å². The molecule has 0 aromatic carbocycles. The Hall–Kier alpha value is 0.450. The summed E-state index contributed by atoms with van der Waals surface area (Å²) in [4.78, 5) is 10.4. The van der Waals surface area contributed by atoms with Crippen molar-refractivity contribution in [2.45, 2.75) is 12.1 Å². The summed E-state index contributed by atoms with van der Waals surface area (Å²) in [5, 5.41) is 2.67. The summed E-state index contributed by atoms with van der Waals surface area (Å²) in [6.45, 7) is 0. The second-order valence-corrected chi connectivity index (χ2v) is 2.68. The van der Waals surface area contributed by atoms with Gasteiger partial charge in [-0.3, -0.25) is 4.79 Å². The number of hydrogen-bond donors (Lipinski definition) is 2. The van der Waals surface area contributed by atoms with Gasteiger partial charge in [0.25, 0.3) is 0 Å². The fraction of sp³-hybridized carbons (Fsp3) is 0.750. The lowest BCUT2D eigenvalue weighted by molar-refractivity contribution is -0.129. The Bertz CT molecular complexity index is 121. The highest BCUT2D eigenvalue weighted by Crippen LogP contribution is 2.05. The molecule has 5 heteroatoms. The van der Waals surface area contributed by atoms with Gasteiger partial charge in [0.15, 0.2) is 0 Å². The molecule has 0 bridgehead atoms. The number of carbonyl (C=O) groups is 1. The van der Waals surface area contributed by atoms with Crippen molar-refractivity contribution in [3.8, 4) is 0 Å². The van der Waals surface area contributed by atoms with Crippen molar-refractivity contribution in [2.24, 2.45) is 5.73 Å². The van der Waals surface area contributed by atoms with Crippen LogP contribution in [0.4, 0.5) is 0 Å². The number of hydrogen-bond acceptors (Lipinski definition) is 2. The minimum absolute atomic E-state index is 0. The standard InChI is InChI=1S/C4H7IN2O.ClH/c5-1-2-3(6)4(8)7-2;/h2-3H,1,6H2,(H,7,8);1H. The third-order valence-corrected chi connectivity index (χ3v) is 2.18. The topological polar surface area (TPSA) is 55.1 Å². The van der Waals surface area contributed by atoms with Gasteiger partial charge in [-0.2, -0.15) is 0 Å². The predicted molar refractivity (Wildman–Crippen MR) is 46.0 cm³/mol. The predicted octanol–water partition coefficient (Wildman–Crippen LogP) is -0.331. The van der Waals surface area contributed by atoms with Crippen LogP contribution in [-0.2, 0) is 4.79 Å². The largest absolute Gasteiger partial charge is 0.349 e. The molecule has 1 rings (SSSR count). The zero-order chi connectivity index (χ0) is 6.15. The molecular formula is C4H8ClIN2O. The quantitative estimate of drug-likeness (QED) is 0.386. The van der Waals surface area contributed by atoms with Crippen LogP contribution in [-0.4, -0.2) is 22.4 Å². The Morgan fingerprint density at radius 3 is 2.44 bits per heavy atom. The lowest BCUT2D eigenvalue weighted by atomic mass is 10.0. The molecule has 1 saturated heterocycles. The molecule has 3 N–H and O–H groups in total. The van der Waals surface area contributed by atoms with Gasteiger partial charge in [0.05, 0.1) is 6.04 Å². The van der Waals surface area contributed by atoms with E-state index in [1.165, 1.54) is 0 Å². The number of halogens is 2. The summed E-state index contributed by atoms with van der Waals surface area (Å²) in [7, 11) is 0. The molecule has 1 heterocycles. The van der Waals surface area contributed by atoms with E-state index in [-0.39, 0.29) is 30.4 Å². The van der Waals surface area contributed by atoms with E-state index in [2.05, 4.69) is 27.9 Å². The smallest absolute Gasteiger partial charge is 0.239 e. The van der Waals surface area contributed by atoms with Crippen molar-refractivity contribution in [3.05, 3.63) is 0 Å². The van der Waals surface area contributed by atoms with Crippen molar-refractivity contribution in [1.82, 2.24) is 5.32 Å². The van der Waals surface area contributed by atoms with Crippen LogP contribution in [0.25, 0.3) is 0 Å². The molecule has 1 aliphatic heterocycles. The van der Waals surface area contributed by atoms with Crippen molar-refractivity contribution in [2.75, 3.05) is 4.43 Å². The van der Waals surface area contributed by atoms with Gasteiger partial charge in [-0.15, -0.1) is 12.4 Å². The molecule has 2 unspecified atom stereocenters. The van der Waals surface area contributed by atoms with Gasteiger partial charge in [0, 0.05) is 4.43 Å². The van der Waals surface area contributed by atoms with E-state index in [4.69, 9.17) is 5.73 Å². The number of nitrogens with one attached hydrogen (secondary N) is 1. The van der Waals surface area contributed by atoms with Gasteiger partial charge < -0.3 is 11.1 Å². The molecule has 1 aliphatic rings. The number of rotatable bonds is 1. The Balaban J connectivity index is 0.000000640. The lowest BCUT2D eigenvalue weighted by Crippen LogP contribution is -2.67. The Kier molecular flexibility index (Phi) is 3.76. The van der Waals surface area contributed by atoms with Gasteiger partial charge in [0.2, 0.25) is 5.91 Å². The fourth-order valence-electron chi connectivity index (χ4n) is 0.590. The van der Waals surface area contributed by atoms with Crippen molar-refractivity contribution in [1.29, 1.82) is 0 Å². The summed E-state index contributed by atoms with van der Waals surface area (Å²) >= 11 is 2.20. The minimum Gasteiger partial charge on any atom is -0.349 e. The van der Waals surface area contributed by atoms with Gasteiger partial charge in [0.1, 0.15) is 6.04 Å². The average molecular weight is 262 g/mol. The molecule has 0 saturated carbocycles. The highest BCUT2D eigenvalue weighted by molar-refractivity contribution is 14.1. The molecule has 0 aliphatic carbocycles. The molecule has 0 aromatic heterocycles. The summed E-state index contributed by atoms with van der Waals surface area (Å²) in [5.74, 6) is -0.0216. The summed E-state index contributed by atoms with van der Waals surface area (Å²) in [5.41, 5.74) is 5.36. The number of alkyl halides is 1. The Morgan fingerprint density at radius 1 is 1.78 bits per heavy atom. The van der Waals surface area contributed by atoms with Crippen LogP contribution in [0, 0.1) is 0 Å². The highest BCUT2D eigenvalue weighted by atomic mass is 127. The van der Waals surface area contributed by atoms with E-state index in [1.807, 2.05) is 0 Å². The maximum absolute atomic E-state index is 10.4. The van der Waals surface area contributed by atoms with Gasteiger partial charge in [-0.05, 0) is 0 Å². The number of nitrogens with two attached hydrogens (primary N) is 1. The molecule has 0 spiro atoms. The maximum Gasteiger partial charge on any atom is 0.239 e. The third-order valence-electron chi connectivity index (χ3n) is 1.23. The fourth-order valence-corrected chi connectivity index (χ4v) is 1.36. The summed E-state index contributed by atoms with van der Waals surface area (Å²) in [6, 6.07) is -0.0185. The first-order chi connectivity index (χ1) is 3.75. The third kappa shape index (κ3) is 1.68. The zero-order valence-corrected chi connectivity index (χ0v) is 7.61. The van der Waals surface area contributed by atoms with Gasteiger partial charge >= 0.3 is 0 Å². The van der Waals surface area contributed by atoms with E-state index in [9.17, 15) is 4.79 Å². The molecule has 0 radical (unpaired) electrons. The molecule has 1 fully saturated rings. The van der Waals surface area contributed by atoms with Crippen LogP contribution in [0.15, 0.2) is 0 Å². The van der Waals surface area contributed by atoms with Crippen molar-refractivity contribution >= 4 is 40.9 Å². The first-order valence-electron chi connectivity index (χ1n) is 2.37. The molecule has 0 aromatic rings. The molecule has 54 valence electrons.